The van der Waals surface area contributed by atoms with E-state index >= 15 is 0 Å². The first kappa shape index (κ1) is 19.6. The molecule has 0 heterocycles. The van der Waals surface area contributed by atoms with Crippen molar-refractivity contribution in [2.24, 2.45) is 11.8 Å². The van der Waals surface area contributed by atoms with Crippen molar-refractivity contribution in [3.05, 3.63) is 48.3 Å². The van der Waals surface area contributed by atoms with Crippen molar-refractivity contribution in [3.63, 3.8) is 0 Å². The Hall–Kier alpha value is -1.42. The summed E-state index contributed by atoms with van der Waals surface area (Å²) in [5, 5.41) is 0. The van der Waals surface area contributed by atoms with E-state index in [2.05, 4.69) is 18.7 Å². The van der Waals surface area contributed by atoms with Crippen molar-refractivity contribution < 1.29 is 18.3 Å². The lowest BCUT2D eigenvalue weighted by Crippen LogP contribution is -2.15. The van der Waals surface area contributed by atoms with Crippen LogP contribution in [0.5, 0.6) is 0 Å². The van der Waals surface area contributed by atoms with E-state index in [9.17, 15) is 8.78 Å². The highest BCUT2D eigenvalue weighted by atomic mass is 19.2. The maximum Gasteiger partial charge on any atom is 0.198 e. The molecule has 0 aromatic carbocycles. The maximum absolute atomic E-state index is 13.8. The Morgan fingerprint density at radius 3 is 2.52 bits per heavy atom. The first-order valence-corrected chi connectivity index (χ1v) is 8.32. The summed E-state index contributed by atoms with van der Waals surface area (Å²) in [4.78, 5) is 0. The molecule has 0 spiro atoms. The van der Waals surface area contributed by atoms with E-state index < -0.39 is 11.7 Å². The predicted octanol–water partition coefficient (Wildman–Crippen LogP) is 5.64. The van der Waals surface area contributed by atoms with E-state index in [1.807, 2.05) is 6.08 Å². The zero-order chi connectivity index (χ0) is 17.1. The summed E-state index contributed by atoms with van der Waals surface area (Å²) in [6, 6.07) is 0. The molecule has 0 radical (unpaired) electrons. The number of rotatable bonds is 10. The molecular formula is C19H28F2O2. The molecule has 2 nitrogen and oxygen atoms in total. The fourth-order valence-electron chi connectivity index (χ4n) is 2.55. The third-order valence-corrected chi connectivity index (χ3v) is 3.90. The molecule has 0 aromatic rings. The molecular weight excluding hydrogens is 298 g/mol. The lowest BCUT2D eigenvalue weighted by Gasteiger charge is -2.22. The summed E-state index contributed by atoms with van der Waals surface area (Å²) in [7, 11) is 0. The number of hydrogen-bond donors (Lipinski definition) is 0. The Kier molecular flexibility index (Phi) is 9.53. The van der Waals surface area contributed by atoms with Crippen molar-refractivity contribution in [3.8, 4) is 0 Å². The minimum absolute atomic E-state index is 0.0504. The summed E-state index contributed by atoms with van der Waals surface area (Å²) in [5.41, 5.74) is 0. The summed E-state index contributed by atoms with van der Waals surface area (Å²) >= 11 is 0. The third-order valence-electron chi connectivity index (χ3n) is 3.90. The number of ether oxygens (including phenoxy) is 2. The SMILES string of the molecule is C=CCCC1C=CC(COC/C(OCC)=C(F)\C(F)=C/C)CC1. The predicted molar refractivity (Wildman–Crippen MR) is 90.2 cm³/mol. The molecule has 1 rings (SSSR count). The molecule has 2 atom stereocenters. The van der Waals surface area contributed by atoms with E-state index in [4.69, 9.17) is 9.47 Å². The molecule has 0 fully saturated rings. The molecule has 0 bridgehead atoms. The van der Waals surface area contributed by atoms with Gasteiger partial charge in [-0.15, -0.1) is 6.58 Å². The highest BCUT2D eigenvalue weighted by Gasteiger charge is 2.17. The zero-order valence-electron chi connectivity index (χ0n) is 14.2. The van der Waals surface area contributed by atoms with E-state index in [0.29, 0.717) is 18.4 Å². The third kappa shape index (κ3) is 7.12. The number of allylic oxidation sites excluding steroid dienone is 5. The van der Waals surface area contributed by atoms with Gasteiger partial charge in [-0.1, -0.05) is 18.2 Å². The van der Waals surface area contributed by atoms with Gasteiger partial charge in [-0.05, 0) is 51.5 Å². The normalized spacial score (nSPS) is 22.7. The van der Waals surface area contributed by atoms with E-state index in [1.54, 1.807) is 6.92 Å². The lowest BCUT2D eigenvalue weighted by molar-refractivity contribution is 0.0787. The molecule has 0 aromatic heterocycles. The Balaban J connectivity index is 2.44. The first-order valence-electron chi connectivity index (χ1n) is 8.32. The second kappa shape index (κ2) is 11.2. The van der Waals surface area contributed by atoms with E-state index in [1.165, 1.54) is 6.92 Å². The minimum Gasteiger partial charge on any atom is -0.493 e. The van der Waals surface area contributed by atoms with Crippen LogP contribution in [0.2, 0.25) is 0 Å². The van der Waals surface area contributed by atoms with Crippen molar-refractivity contribution in [1.29, 1.82) is 0 Å². The van der Waals surface area contributed by atoms with Gasteiger partial charge < -0.3 is 9.47 Å². The van der Waals surface area contributed by atoms with Gasteiger partial charge in [0.15, 0.2) is 17.4 Å². The molecule has 0 N–H and O–H groups in total. The van der Waals surface area contributed by atoms with Gasteiger partial charge >= 0.3 is 0 Å². The van der Waals surface area contributed by atoms with Gasteiger partial charge in [0.1, 0.15) is 6.61 Å². The Bertz CT molecular complexity index is 452. The van der Waals surface area contributed by atoms with Crippen LogP contribution in [-0.2, 0) is 9.47 Å². The number of hydrogen-bond acceptors (Lipinski definition) is 2. The quantitative estimate of drug-likeness (QED) is 0.294. The van der Waals surface area contributed by atoms with Crippen LogP contribution >= 0.6 is 0 Å². The summed E-state index contributed by atoms with van der Waals surface area (Å²) in [6.45, 7) is 7.63. The molecule has 2 unspecified atom stereocenters. The molecule has 0 amide bonds. The molecule has 1 aliphatic rings. The van der Waals surface area contributed by atoms with Crippen LogP contribution in [0.1, 0.15) is 39.5 Å². The summed E-state index contributed by atoms with van der Waals surface area (Å²) in [6.07, 6.45) is 11.8. The fraction of sp³-hybridized carbons (Fsp3) is 0.579. The second-order valence-electron chi connectivity index (χ2n) is 5.67. The van der Waals surface area contributed by atoms with E-state index in [0.717, 1.165) is 31.8 Å². The summed E-state index contributed by atoms with van der Waals surface area (Å²) in [5.74, 6) is -1.03. The van der Waals surface area contributed by atoms with Gasteiger partial charge in [-0.2, -0.15) is 4.39 Å². The molecule has 130 valence electrons. The van der Waals surface area contributed by atoms with Crippen LogP contribution in [0.3, 0.4) is 0 Å². The first-order chi connectivity index (χ1) is 11.1. The largest absolute Gasteiger partial charge is 0.493 e. The molecule has 1 aliphatic carbocycles. The van der Waals surface area contributed by atoms with Crippen LogP contribution in [0.25, 0.3) is 0 Å². The highest BCUT2D eigenvalue weighted by molar-refractivity contribution is 5.21. The zero-order valence-corrected chi connectivity index (χ0v) is 14.2. The monoisotopic (exact) mass is 326 g/mol. The smallest absolute Gasteiger partial charge is 0.198 e. The van der Waals surface area contributed by atoms with Gasteiger partial charge in [0.25, 0.3) is 0 Å². The number of halogens is 2. The van der Waals surface area contributed by atoms with Crippen LogP contribution < -0.4 is 0 Å². The van der Waals surface area contributed by atoms with Gasteiger partial charge in [0.05, 0.1) is 13.2 Å². The molecule has 23 heavy (non-hydrogen) atoms. The van der Waals surface area contributed by atoms with Crippen molar-refractivity contribution in [2.75, 3.05) is 19.8 Å². The van der Waals surface area contributed by atoms with Crippen LogP contribution in [0, 0.1) is 11.8 Å². The standard InChI is InChI=1S/C19H28F2O2/c1-4-7-8-15-9-11-16(12-10-15)13-22-14-18(23-6-3)19(21)17(20)5-2/h4-5,9,11,15-16H,1,6-8,10,12-14H2,2-3H3/b17-5+,19-18-. The summed E-state index contributed by atoms with van der Waals surface area (Å²) < 4.78 is 37.8. The average molecular weight is 326 g/mol. The van der Waals surface area contributed by atoms with E-state index in [-0.39, 0.29) is 19.0 Å². The highest BCUT2D eigenvalue weighted by Crippen LogP contribution is 2.26. The average Bonchev–Trinajstić information content (AvgIpc) is 2.59. The fourth-order valence-corrected chi connectivity index (χ4v) is 2.55. The van der Waals surface area contributed by atoms with Gasteiger partial charge in [-0.25, -0.2) is 4.39 Å². The molecule has 0 saturated heterocycles. The topological polar surface area (TPSA) is 18.5 Å². The van der Waals surface area contributed by atoms with Gasteiger partial charge in [-0.3, -0.25) is 0 Å². The van der Waals surface area contributed by atoms with Crippen molar-refractivity contribution >= 4 is 0 Å². The van der Waals surface area contributed by atoms with Gasteiger partial charge in [0.2, 0.25) is 0 Å². The molecule has 4 heteroatoms. The van der Waals surface area contributed by atoms with Crippen LogP contribution in [0.4, 0.5) is 8.78 Å². The molecule has 0 saturated carbocycles. The Morgan fingerprint density at radius 2 is 1.96 bits per heavy atom. The van der Waals surface area contributed by atoms with Crippen LogP contribution in [0.15, 0.2) is 48.3 Å². The van der Waals surface area contributed by atoms with Crippen molar-refractivity contribution in [1.82, 2.24) is 0 Å². The van der Waals surface area contributed by atoms with Gasteiger partial charge in [0, 0.05) is 5.92 Å². The van der Waals surface area contributed by atoms with Crippen LogP contribution in [-0.4, -0.2) is 19.8 Å². The Labute approximate surface area is 138 Å². The maximum atomic E-state index is 13.8. The Morgan fingerprint density at radius 1 is 1.26 bits per heavy atom. The second-order valence-corrected chi connectivity index (χ2v) is 5.67. The van der Waals surface area contributed by atoms with Crippen molar-refractivity contribution in [2.45, 2.75) is 39.5 Å². The molecule has 0 aliphatic heterocycles. The minimum atomic E-state index is -0.974. The lowest BCUT2D eigenvalue weighted by atomic mass is 9.86.